The highest BCUT2D eigenvalue weighted by Gasteiger charge is 2.41. The SMILES string of the molecule is CC(=O)NC1CC2CCC(C1)N2Cc1cc2ncc(Oc3nc4ncccc4s3)cc2o1. The van der Waals surface area contributed by atoms with Crippen molar-refractivity contribution in [2.45, 2.75) is 57.3 Å². The van der Waals surface area contributed by atoms with E-state index in [1.54, 1.807) is 19.3 Å². The van der Waals surface area contributed by atoms with E-state index in [0.717, 1.165) is 35.4 Å². The van der Waals surface area contributed by atoms with Gasteiger partial charge in [0.1, 0.15) is 11.3 Å². The van der Waals surface area contributed by atoms with E-state index in [0.29, 0.717) is 34.3 Å². The Balaban J connectivity index is 1.17. The van der Waals surface area contributed by atoms with Crippen molar-refractivity contribution in [3.05, 3.63) is 42.4 Å². The second-order valence-corrected chi connectivity index (χ2v) is 9.59. The molecule has 164 valence electrons. The third-order valence-electron chi connectivity index (χ3n) is 6.38. The van der Waals surface area contributed by atoms with Crippen molar-refractivity contribution in [2.24, 2.45) is 0 Å². The number of rotatable bonds is 5. The van der Waals surface area contributed by atoms with Gasteiger partial charge >= 0.3 is 0 Å². The second-order valence-electron chi connectivity index (χ2n) is 8.60. The van der Waals surface area contributed by atoms with Crippen molar-refractivity contribution >= 4 is 38.7 Å². The van der Waals surface area contributed by atoms with Crippen molar-refractivity contribution in [2.75, 3.05) is 0 Å². The lowest BCUT2D eigenvalue weighted by atomic mass is 9.97. The number of amides is 1. The average molecular weight is 450 g/mol. The molecule has 8 nitrogen and oxygen atoms in total. The van der Waals surface area contributed by atoms with Crippen LogP contribution in [-0.2, 0) is 11.3 Å². The second kappa shape index (κ2) is 7.83. The Morgan fingerprint density at radius 3 is 2.91 bits per heavy atom. The van der Waals surface area contributed by atoms with Crippen LogP contribution in [0.25, 0.3) is 21.4 Å². The Morgan fingerprint density at radius 2 is 2.12 bits per heavy atom. The Labute approximate surface area is 188 Å². The zero-order chi connectivity index (χ0) is 21.7. The van der Waals surface area contributed by atoms with E-state index in [1.165, 1.54) is 24.2 Å². The molecule has 9 heteroatoms. The molecule has 0 spiro atoms. The van der Waals surface area contributed by atoms with Gasteiger partial charge in [-0.15, -0.1) is 0 Å². The summed E-state index contributed by atoms with van der Waals surface area (Å²) in [6.45, 7) is 2.36. The topological polar surface area (TPSA) is 93.4 Å². The molecule has 1 amide bonds. The monoisotopic (exact) mass is 449 g/mol. The van der Waals surface area contributed by atoms with Gasteiger partial charge in [0.2, 0.25) is 5.91 Å². The van der Waals surface area contributed by atoms with Crippen molar-refractivity contribution in [3.63, 3.8) is 0 Å². The molecule has 6 heterocycles. The number of carbonyl (C=O) groups excluding carboxylic acids is 1. The van der Waals surface area contributed by atoms with E-state index in [9.17, 15) is 4.79 Å². The van der Waals surface area contributed by atoms with Crippen LogP contribution >= 0.6 is 11.3 Å². The third-order valence-corrected chi connectivity index (χ3v) is 7.26. The maximum Gasteiger partial charge on any atom is 0.281 e. The lowest BCUT2D eigenvalue weighted by Gasteiger charge is -2.38. The van der Waals surface area contributed by atoms with Crippen molar-refractivity contribution in [1.82, 2.24) is 25.2 Å². The highest BCUT2D eigenvalue weighted by molar-refractivity contribution is 7.20. The number of thiazole rings is 1. The number of nitrogens with one attached hydrogen (secondary N) is 1. The molecule has 2 aliphatic heterocycles. The minimum atomic E-state index is 0.0614. The molecular formula is C23H23N5O3S. The first-order valence-corrected chi connectivity index (χ1v) is 11.7. The van der Waals surface area contributed by atoms with Crippen LogP contribution in [0.1, 0.15) is 38.4 Å². The Hall–Kier alpha value is -3.04. The smallest absolute Gasteiger partial charge is 0.281 e. The highest BCUT2D eigenvalue weighted by atomic mass is 32.1. The number of carbonyl (C=O) groups is 1. The van der Waals surface area contributed by atoms with Gasteiger partial charge in [-0.25, -0.2) is 9.97 Å². The fourth-order valence-corrected chi connectivity index (χ4v) is 5.89. The zero-order valence-electron chi connectivity index (χ0n) is 17.7. The van der Waals surface area contributed by atoms with Crippen LogP contribution in [0, 0.1) is 0 Å². The Bertz CT molecular complexity index is 1250. The summed E-state index contributed by atoms with van der Waals surface area (Å²) in [6.07, 6.45) is 7.78. The standard InChI is InChI=1S/C23H23N5O3S/c1-13(29)26-14-7-15-4-5-16(8-14)28(15)12-18-9-19-20(30-18)10-17(11-25-19)31-23-27-22-21(32-23)3-2-6-24-22/h2-3,6,9-11,14-16H,4-5,7-8,12H2,1H3,(H,26,29). The summed E-state index contributed by atoms with van der Waals surface area (Å²) in [7, 11) is 0. The van der Waals surface area contributed by atoms with Crippen molar-refractivity contribution < 1.29 is 13.9 Å². The Kier molecular flexibility index (Phi) is 4.80. The summed E-state index contributed by atoms with van der Waals surface area (Å²) in [5, 5.41) is 3.63. The fraction of sp³-hybridized carbons (Fsp3) is 0.391. The summed E-state index contributed by atoms with van der Waals surface area (Å²) >= 11 is 1.45. The van der Waals surface area contributed by atoms with E-state index in [1.807, 2.05) is 24.3 Å². The van der Waals surface area contributed by atoms with Crippen LogP contribution in [0.2, 0.25) is 0 Å². The molecule has 2 bridgehead atoms. The Morgan fingerprint density at radius 1 is 1.28 bits per heavy atom. The van der Waals surface area contributed by atoms with E-state index in [2.05, 4.69) is 25.2 Å². The molecule has 2 aliphatic rings. The van der Waals surface area contributed by atoms with E-state index in [-0.39, 0.29) is 11.9 Å². The van der Waals surface area contributed by atoms with Crippen molar-refractivity contribution in [1.29, 1.82) is 0 Å². The molecule has 0 aliphatic carbocycles. The van der Waals surface area contributed by atoms with E-state index < -0.39 is 0 Å². The molecule has 0 saturated carbocycles. The van der Waals surface area contributed by atoms with Crippen LogP contribution in [0.4, 0.5) is 0 Å². The van der Waals surface area contributed by atoms with Gasteiger partial charge in [-0.05, 0) is 37.8 Å². The van der Waals surface area contributed by atoms with Gasteiger partial charge in [-0.2, -0.15) is 4.98 Å². The summed E-state index contributed by atoms with van der Waals surface area (Å²) in [6, 6.07) is 8.99. The zero-order valence-corrected chi connectivity index (χ0v) is 18.5. The number of nitrogens with zero attached hydrogens (tertiary/aromatic N) is 4. The minimum Gasteiger partial charge on any atom is -0.458 e. The maximum atomic E-state index is 11.4. The van der Waals surface area contributed by atoms with Crippen LogP contribution in [-0.4, -0.2) is 43.9 Å². The number of furan rings is 1. The molecular weight excluding hydrogens is 426 g/mol. The number of ether oxygens (including phenoxy) is 1. The molecule has 1 N–H and O–H groups in total. The lowest BCUT2D eigenvalue weighted by Crippen LogP contribution is -2.49. The van der Waals surface area contributed by atoms with Crippen LogP contribution < -0.4 is 10.1 Å². The van der Waals surface area contributed by atoms with Gasteiger partial charge < -0.3 is 14.5 Å². The summed E-state index contributed by atoms with van der Waals surface area (Å²) in [5.41, 5.74) is 2.20. The van der Waals surface area contributed by atoms with Gasteiger partial charge in [0.05, 0.1) is 17.4 Å². The first-order chi connectivity index (χ1) is 15.6. The van der Waals surface area contributed by atoms with Gasteiger partial charge in [0, 0.05) is 43.4 Å². The lowest BCUT2D eigenvalue weighted by molar-refractivity contribution is -0.120. The summed E-state index contributed by atoms with van der Waals surface area (Å²) in [5.74, 6) is 1.56. The predicted octanol–water partition coefficient (Wildman–Crippen LogP) is 4.26. The average Bonchev–Trinajstić information content (AvgIpc) is 3.41. The van der Waals surface area contributed by atoms with Crippen LogP contribution in [0.15, 0.2) is 41.1 Å². The number of hydrogen-bond acceptors (Lipinski definition) is 8. The van der Waals surface area contributed by atoms with Crippen LogP contribution in [0.5, 0.6) is 10.9 Å². The number of piperidine rings is 1. The normalized spacial score (nSPS) is 23.1. The number of hydrogen-bond donors (Lipinski definition) is 1. The van der Waals surface area contributed by atoms with Gasteiger partial charge in [0.25, 0.3) is 5.19 Å². The largest absolute Gasteiger partial charge is 0.458 e. The first-order valence-electron chi connectivity index (χ1n) is 10.9. The maximum absolute atomic E-state index is 11.4. The van der Waals surface area contributed by atoms with Gasteiger partial charge in [-0.1, -0.05) is 11.3 Å². The molecule has 2 fully saturated rings. The molecule has 2 unspecified atom stereocenters. The molecule has 4 aromatic heterocycles. The minimum absolute atomic E-state index is 0.0614. The molecule has 2 atom stereocenters. The van der Waals surface area contributed by atoms with E-state index >= 15 is 0 Å². The van der Waals surface area contributed by atoms with Gasteiger partial charge in [-0.3, -0.25) is 9.69 Å². The molecule has 0 aromatic carbocycles. The number of fused-ring (bicyclic) bond motifs is 4. The molecule has 6 rings (SSSR count). The molecule has 32 heavy (non-hydrogen) atoms. The highest BCUT2D eigenvalue weighted by Crippen LogP contribution is 2.38. The van der Waals surface area contributed by atoms with Crippen molar-refractivity contribution in [3.8, 4) is 10.9 Å². The number of pyridine rings is 2. The van der Waals surface area contributed by atoms with Gasteiger partial charge in [0.15, 0.2) is 17.0 Å². The quantitative estimate of drug-likeness (QED) is 0.487. The summed E-state index contributed by atoms with van der Waals surface area (Å²) < 4.78 is 13.0. The summed E-state index contributed by atoms with van der Waals surface area (Å²) in [4.78, 5) is 27.2. The number of aromatic nitrogens is 3. The van der Waals surface area contributed by atoms with E-state index in [4.69, 9.17) is 9.15 Å². The predicted molar refractivity (Wildman–Crippen MR) is 121 cm³/mol. The molecule has 0 radical (unpaired) electrons. The molecule has 2 saturated heterocycles. The third kappa shape index (κ3) is 3.71. The molecule has 4 aromatic rings. The fourth-order valence-electron chi connectivity index (χ4n) is 5.10. The van der Waals surface area contributed by atoms with Crippen LogP contribution in [0.3, 0.4) is 0 Å². The first kappa shape index (κ1) is 19.6.